The van der Waals surface area contributed by atoms with E-state index in [-0.39, 0.29) is 12.1 Å². The van der Waals surface area contributed by atoms with Crippen LogP contribution in [0.2, 0.25) is 0 Å². The summed E-state index contributed by atoms with van der Waals surface area (Å²) in [5, 5.41) is 10.5. The molecule has 3 nitrogen and oxygen atoms in total. The lowest BCUT2D eigenvalue weighted by Crippen LogP contribution is -2.49. The number of thioether (sulfide) groups is 1. The van der Waals surface area contributed by atoms with Gasteiger partial charge in [0.2, 0.25) is 0 Å². The van der Waals surface area contributed by atoms with Crippen LogP contribution in [0.5, 0.6) is 0 Å². The summed E-state index contributed by atoms with van der Waals surface area (Å²) in [7, 11) is 0. The summed E-state index contributed by atoms with van der Waals surface area (Å²) < 4.78 is 0. The summed E-state index contributed by atoms with van der Waals surface area (Å²) in [5.41, 5.74) is 2.69. The van der Waals surface area contributed by atoms with Gasteiger partial charge in [-0.05, 0) is 23.3 Å². The number of hydrogen-bond acceptors (Lipinski definition) is 4. The van der Waals surface area contributed by atoms with Gasteiger partial charge in [-0.1, -0.05) is 78.9 Å². The van der Waals surface area contributed by atoms with E-state index in [0.29, 0.717) is 0 Å². The molecule has 0 spiro atoms. The van der Waals surface area contributed by atoms with Crippen molar-refractivity contribution in [2.24, 2.45) is 0 Å². The fourth-order valence-electron chi connectivity index (χ4n) is 4.15. The second-order valence-electron chi connectivity index (χ2n) is 7.84. The van der Waals surface area contributed by atoms with Gasteiger partial charge in [-0.15, -0.1) is 11.8 Å². The first-order valence-electron chi connectivity index (χ1n) is 10.7. The molecular weight excluding hydrogens is 388 g/mol. The van der Waals surface area contributed by atoms with Crippen molar-refractivity contribution in [1.82, 2.24) is 9.80 Å². The van der Waals surface area contributed by atoms with E-state index >= 15 is 0 Å². The highest BCUT2D eigenvalue weighted by atomic mass is 32.2. The minimum Gasteiger partial charge on any atom is -0.391 e. The van der Waals surface area contributed by atoms with Crippen LogP contribution in [0.3, 0.4) is 0 Å². The molecule has 3 aromatic rings. The predicted octanol–water partition coefficient (Wildman–Crippen LogP) is 4.55. The van der Waals surface area contributed by atoms with Crippen molar-refractivity contribution in [1.29, 1.82) is 0 Å². The summed E-state index contributed by atoms with van der Waals surface area (Å²) in [4.78, 5) is 6.20. The number of benzene rings is 3. The molecule has 156 valence electrons. The topological polar surface area (TPSA) is 26.7 Å². The van der Waals surface area contributed by atoms with Gasteiger partial charge in [0.25, 0.3) is 0 Å². The number of aliphatic hydroxyl groups is 1. The van der Waals surface area contributed by atoms with E-state index in [1.54, 1.807) is 11.8 Å². The van der Waals surface area contributed by atoms with Gasteiger partial charge in [0.05, 0.1) is 12.1 Å². The Bertz CT molecular complexity index is 828. The first-order valence-corrected chi connectivity index (χ1v) is 11.7. The third kappa shape index (κ3) is 5.73. The van der Waals surface area contributed by atoms with E-state index in [2.05, 4.69) is 82.6 Å². The molecule has 0 amide bonds. The Hall–Kier alpha value is -2.11. The maximum Gasteiger partial charge on any atom is 0.0760 e. The molecule has 30 heavy (non-hydrogen) atoms. The molecule has 0 radical (unpaired) electrons. The van der Waals surface area contributed by atoms with Gasteiger partial charge < -0.3 is 5.11 Å². The van der Waals surface area contributed by atoms with E-state index in [9.17, 15) is 5.11 Å². The molecule has 0 saturated carbocycles. The first kappa shape index (κ1) is 21.1. The summed E-state index contributed by atoms with van der Waals surface area (Å²) in [5.74, 6) is 0.737. The Morgan fingerprint density at radius 2 is 1.20 bits per heavy atom. The Kier molecular flexibility index (Phi) is 7.59. The second kappa shape index (κ2) is 10.8. The minimum atomic E-state index is -0.305. The Morgan fingerprint density at radius 3 is 1.73 bits per heavy atom. The molecule has 1 unspecified atom stereocenters. The summed E-state index contributed by atoms with van der Waals surface area (Å²) in [6.45, 7) is 4.74. The van der Waals surface area contributed by atoms with Gasteiger partial charge in [-0.3, -0.25) is 9.80 Å². The summed E-state index contributed by atoms with van der Waals surface area (Å²) in [6.07, 6.45) is -0.305. The number of aliphatic hydroxyl groups excluding tert-OH is 1. The quantitative estimate of drug-likeness (QED) is 0.543. The number of nitrogens with zero attached hydrogens (tertiary/aromatic N) is 2. The molecule has 4 rings (SSSR count). The van der Waals surface area contributed by atoms with Crippen molar-refractivity contribution in [2.75, 3.05) is 38.5 Å². The van der Waals surface area contributed by atoms with Crippen LogP contribution in [0.25, 0.3) is 0 Å². The zero-order valence-electron chi connectivity index (χ0n) is 17.3. The molecule has 1 saturated heterocycles. The first-order chi connectivity index (χ1) is 14.8. The lowest BCUT2D eigenvalue weighted by Gasteiger charge is -2.40. The maximum atomic E-state index is 10.5. The van der Waals surface area contributed by atoms with Crippen molar-refractivity contribution in [3.8, 4) is 0 Å². The van der Waals surface area contributed by atoms with E-state index in [1.165, 1.54) is 16.0 Å². The second-order valence-corrected chi connectivity index (χ2v) is 8.93. The van der Waals surface area contributed by atoms with Crippen LogP contribution in [0.1, 0.15) is 17.2 Å². The Balaban J connectivity index is 1.33. The molecule has 1 aliphatic rings. The molecule has 1 aliphatic heterocycles. The molecule has 3 aromatic carbocycles. The van der Waals surface area contributed by atoms with Crippen molar-refractivity contribution >= 4 is 11.8 Å². The van der Waals surface area contributed by atoms with E-state index < -0.39 is 0 Å². The molecule has 1 atom stereocenters. The fraction of sp³-hybridized carbons (Fsp3) is 0.308. The van der Waals surface area contributed by atoms with Crippen molar-refractivity contribution < 1.29 is 5.11 Å². The number of hydrogen-bond donors (Lipinski definition) is 1. The smallest absolute Gasteiger partial charge is 0.0760 e. The molecule has 1 heterocycles. The third-order valence-corrected chi connectivity index (χ3v) is 6.81. The largest absolute Gasteiger partial charge is 0.391 e. The normalized spacial score (nSPS) is 16.6. The van der Waals surface area contributed by atoms with Gasteiger partial charge >= 0.3 is 0 Å². The monoisotopic (exact) mass is 418 g/mol. The van der Waals surface area contributed by atoms with Crippen LogP contribution >= 0.6 is 11.8 Å². The Morgan fingerprint density at radius 1 is 0.700 bits per heavy atom. The highest BCUT2D eigenvalue weighted by molar-refractivity contribution is 7.99. The van der Waals surface area contributed by atoms with Crippen molar-refractivity contribution in [3.05, 3.63) is 102 Å². The summed E-state index contributed by atoms with van der Waals surface area (Å²) >= 11 is 1.73. The average Bonchev–Trinajstić information content (AvgIpc) is 2.81. The number of β-amino-alcohol motifs (C(OH)–C–C–N with tert-alkyl or cyclic N) is 1. The van der Waals surface area contributed by atoms with Crippen LogP contribution in [0.15, 0.2) is 95.9 Å². The standard InChI is InChI=1S/C26H30N2OS/c29-24(21-30-25-14-8-3-9-15-25)20-27-16-18-28(19-17-27)26(22-10-4-1-5-11-22)23-12-6-2-7-13-23/h1-15,24,26,29H,16-21H2. The van der Waals surface area contributed by atoms with Crippen LogP contribution < -0.4 is 0 Å². The van der Waals surface area contributed by atoms with E-state index in [4.69, 9.17) is 0 Å². The highest BCUT2D eigenvalue weighted by Gasteiger charge is 2.27. The Labute approximate surface area is 184 Å². The van der Waals surface area contributed by atoms with Gasteiger partial charge in [0, 0.05) is 43.4 Å². The van der Waals surface area contributed by atoms with Gasteiger partial charge in [-0.2, -0.15) is 0 Å². The van der Waals surface area contributed by atoms with Crippen molar-refractivity contribution in [3.63, 3.8) is 0 Å². The van der Waals surface area contributed by atoms with Crippen LogP contribution in [-0.4, -0.2) is 59.5 Å². The fourth-order valence-corrected chi connectivity index (χ4v) is 4.99. The minimum absolute atomic E-state index is 0.285. The van der Waals surface area contributed by atoms with Gasteiger partial charge in [-0.25, -0.2) is 0 Å². The number of rotatable bonds is 8. The molecule has 4 heteroatoms. The molecular formula is C26H30N2OS. The predicted molar refractivity (Wildman–Crippen MR) is 126 cm³/mol. The summed E-state index contributed by atoms with van der Waals surface area (Å²) in [6, 6.07) is 32.2. The third-order valence-electron chi connectivity index (χ3n) is 5.66. The molecule has 0 aliphatic carbocycles. The SMILES string of the molecule is OC(CSc1ccccc1)CN1CCN(C(c2ccccc2)c2ccccc2)CC1. The molecule has 0 aromatic heterocycles. The lowest BCUT2D eigenvalue weighted by molar-refractivity contribution is 0.0708. The molecule has 1 fully saturated rings. The number of piperazine rings is 1. The maximum absolute atomic E-state index is 10.5. The van der Waals surface area contributed by atoms with E-state index in [0.717, 1.165) is 38.5 Å². The van der Waals surface area contributed by atoms with Crippen LogP contribution in [0, 0.1) is 0 Å². The van der Waals surface area contributed by atoms with Crippen LogP contribution in [-0.2, 0) is 0 Å². The lowest BCUT2D eigenvalue weighted by atomic mass is 9.96. The van der Waals surface area contributed by atoms with E-state index in [1.807, 2.05) is 18.2 Å². The van der Waals surface area contributed by atoms with Crippen LogP contribution in [0.4, 0.5) is 0 Å². The zero-order valence-corrected chi connectivity index (χ0v) is 18.1. The van der Waals surface area contributed by atoms with Gasteiger partial charge in [0.1, 0.15) is 0 Å². The van der Waals surface area contributed by atoms with Crippen molar-refractivity contribution in [2.45, 2.75) is 17.0 Å². The highest BCUT2D eigenvalue weighted by Crippen LogP contribution is 2.29. The average molecular weight is 419 g/mol. The molecule has 0 bridgehead atoms. The van der Waals surface area contributed by atoms with Gasteiger partial charge in [0.15, 0.2) is 0 Å². The molecule has 1 N–H and O–H groups in total. The zero-order chi connectivity index (χ0) is 20.6.